The summed E-state index contributed by atoms with van der Waals surface area (Å²) in [7, 11) is 0. The maximum atomic E-state index is 9.41. The molecule has 0 aliphatic rings. The van der Waals surface area contributed by atoms with E-state index in [1.54, 1.807) is 12.3 Å². The van der Waals surface area contributed by atoms with Gasteiger partial charge >= 0.3 is 0 Å². The lowest BCUT2D eigenvalue weighted by Crippen LogP contribution is -1.95. The minimum absolute atomic E-state index is 0.132. The number of hydrogen-bond donors (Lipinski definition) is 1. The zero-order valence-electron chi connectivity index (χ0n) is 10.9. The van der Waals surface area contributed by atoms with Gasteiger partial charge in [0.05, 0.1) is 11.1 Å². The number of hydrogen-bond acceptors (Lipinski definition) is 3. The van der Waals surface area contributed by atoms with Crippen LogP contribution < -0.4 is 4.74 Å². The van der Waals surface area contributed by atoms with Crippen molar-refractivity contribution in [2.75, 3.05) is 0 Å². The Morgan fingerprint density at radius 1 is 1.10 bits per heavy atom. The van der Waals surface area contributed by atoms with E-state index in [1.165, 1.54) is 0 Å². The number of aliphatic hydroxyl groups is 1. The number of fused-ring (bicyclic) bond motifs is 1. The van der Waals surface area contributed by atoms with E-state index in [1.807, 2.05) is 36.4 Å². The fourth-order valence-corrected chi connectivity index (χ4v) is 3.02. The lowest BCUT2D eigenvalue weighted by molar-refractivity contribution is 0.275. The molecule has 0 aliphatic heterocycles. The third kappa shape index (κ3) is 2.95. The molecule has 0 fully saturated rings. The molecule has 0 saturated carbocycles. The second-order valence-corrected chi connectivity index (χ2v) is 6.19. The van der Waals surface area contributed by atoms with E-state index in [2.05, 4.69) is 36.8 Å². The van der Waals surface area contributed by atoms with E-state index >= 15 is 0 Å². The predicted octanol–water partition coefficient (Wildman–Crippen LogP) is 5.04. The zero-order valence-corrected chi connectivity index (χ0v) is 14.1. The van der Waals surface area contributed by atoms with E-state index in [9.17, 15) is 5.11 Å². The predicted molar refractivity (Wildman–Crippen MR) is 89.6 cm³/mol. The molecule has 5 heteroatoms. The van der Waals surface area contributed by atoms with Gasteiger partial charge in [-0.3, -0.25) is 0 Å². The second kappa shape index (κ2) is 6.13. The number of rotatable bonds is 3. The highest BCUT2D eigenvalue weighted by Crippen LogP contribution is 2.36. The van der Waals surface area contributed by atoms with Crippen LogP contribution in [-0.2, 0) is 6.61 Å². The van der Waals surface area contributed by atoms with Crippen LogP contribution in [-0.4, -0.2) is 10.1 Å². The van der Waals surface area contributed by atoms with Gasteiger partial charge in [0.15, 0.2) is 0 Å². The summed E-state index contributed by atoms with van der Waals surface area (Å²) >= 11 is 6.91. The van der Waals surface area contributed by atoms with Crippen molar-refractivity contribution < 1.29 is 9.84 Å². The molecule has 21 heavy (non-hydrogen) atoms. The van der Waals surface area contributed by atoms with Crippen molar-refractivity contribution in [1.29, 1.82) is 0 Å². The van der Waals surface area contributed by atoms with E-state index in [4.69, 9.17) is 4.74 Å². The Bertz CT molecular complexity index is 805. The first-order valence-corrected chi connectivity index (χ1v) is 7.88. The third-order valence-electron chi connectivity index (χ3n) is 3.10. The van der Waals surface area contributed by atoms with Crippen molar-refractivity contribution in [1.82, 2.24) is 4.98 Å². The lowest BCUT2D eigenvalue weighted by atomic mass is 10.1. The van der Waals surface area contributed by atoms with Gasteiger partial charge in [-0.25, -0.2) is 4.98 Å². The summed E-state index contributed by atoms with van der Waals surface area (Å²) in [5.74, 6) is 1.06. The minimum atomic E-state index is -0.132. The number of pyridine rings is 1. The van der Waals surface area contributed by atoms with Crippen molar-refractivity contribution in [2.45, 2.75) is 6.61 Å². The first kappa shape index (κ1) is 14.5. The average Bonchev–Trinajstić information content (AvgIpc) is 2.51. The summed E-state index contributed by atoms with van der Waals surface area (Å²) in [5.41, 5.74) is 0.629. The van der Waals surface area contributed by atoms with Gasteiger partial charge in [0.2, 0.25) is 5.88 Å². The molecule has 0 unspecified atom stereocenters. The second-order valence-electron chi connectivity index (χ2n) is 4.48. The highest BCUT2D eigenvalue weighted by atomic mass is 79.9. The number of aromatic nitrogens is 1. The van der Waals surface area contributed by atoms with Gasteiger partial charge in [0.1, 0.15) is 5.75 Å². The number of ether oxygens (including phenoxy) is 1. The Kier molecular flexibility index (Phi) is 4.24. The standard InChI is InChI=1S/C16H11Br2NO2/c17-12-7-11(9-20)16(19-8-12)21-14-6-5-10-3-1-2-4-13(10)15(14)18/h1-8,20H,9H2. The first-order chi connectivity index (χ1) is 10.2. The van der Waals surface area contributed by atoms with Gasteiger partial charge in [0, 0.05) is 16.2 Å². The topological polar surface area (TPSA) is 42.4 Å². The van der Waals surface area contributed by atoms with Gasteiger partial charge in [-0.05, 0) is 54.8 Å². The Morgan fingerprint density at radius 2 is 1.90 bits per heavy atom. The van der Waals surface area contributed by atoms with Gasteiger partial charge in [-0.1, -0.05) is 30.3 Å². The molecule has 1 N–H and O–H groups in total. The molecule has 2 aromatic carbocycles. The molecule has 3 rings (SSSR count). The smallest absolute Gasteiger partial charge is 0.224 e. The van der Waals surface area contributed by atoms with Crippen LogP contribution >= 0.6 is 31.9 Å². The van der Waals surface area contributed by atoms with Gasteiger partial charge in [-0.15, -0.1) is 0 Å². The molecule has 0 spiro atoms. The Morgan fingerprint density at radius 3 is 2.71 bits per heavy atom. The molecule has 106 valence electrons. The molecule has 1 heterocycles. The van der Waals surface area contributed by atoms with Crippen LogP contribution in [0.3, 0.4) is 0 Å². The summed E-state index contributed by atoms with van der Waals surface area (Å²) in [4.78, 5) is 4.22. The molecule has 0 aliphatic carbocycles. The summed E-state index contributed by atoms with van der Waals surface area (Å²) < 4.78 is 7.53. The van der Waals surface area contributed by atoms with Crippen LogP contribution in [0.2, 0.25) is 0 Å². The number of aliphatic hydroxyl groups excluding tert-OH is 1. The maximum Gasteiger partial charge on any atom is 0.224 e. The Labute approximate surface area is 138 Å². The van der Waals surface area contributed by atoms with E-state index in [0.29, 0.717) is 17.2 Å². The molecule has 0 saturated heterocycles. The molecule has 0 radical (unpaired) electrons. The van der Waals surface area contributed by atoms with Crippen molar-refractivity contribution in [3.05, 3.63) is 63.2 Å². The molecular formula is C16H11Br2NO2. The number of benzene rings is 2. The molecule has 3 nitrogen and oxygen atoms in total. The monoisotopic (exact) mass is 407 g/mol. The minimum Gasteiger partial charge on any atom is -0.437 e. The quantitative estimate of drug-likeness (QED) is 0.659. The molecule has 3 aromatic rings. The number of nitrogens with zero attached hydrogens (tertiary/aromatic N) is 1. The van der Waals surface area contributed by atoms with Crippen LogP contribution in [0.5, 0.6) is 11.6 Å². The zero-order chi connectivity index (χ0) is 14.8. The lowest BCUT2D eigenvalue weighted by Gasteiger charge is -2.11. The van der Waals surface area contributed by atoms with Crippen LogP contribution in [0.25, 0.3) is 10.8 Å². The van der Waals surface area contributed by atoms with Crippen molar-refractivity contribution in [3.63, 3.8) is 0 Å². The summed E-state index contributed by atoms with van der Waals surface area (Å²) in [6.45, 7) is -0.132. The summed E-state index contributed by atoms with van der Waals surface area (Å²) in [6.07, 6.45) is 1.64. The van der Waals surface area contributed by atoms with Crippen molar-refractivity contribution in [2.24, 2.45) is 0 Å². The Hall–Kier alpha value is -1.43. The van der Waals surface area contributed by atoms with Crippen LogP contribution in [0.1, 0.15) is 5.56 Å². The van der Waals surface area contributed by atoms with Crippen molar-refractivity contribution in [3.8, 4) is 11.6 Å². The maximum absolute atomic E-state index is 9.41. The fourth-order valence-electron chi connectivity index (χ4n) is 2.07. The molecule has 1 aromatic heterocycles. The van der Waals surface area contributed by atoms with Crippen LogP contribution in [0, 0.1) is 0 Å². The first-order valence-electron chi connectivity index (χ1n) is 6.29. The summed E-state index contributed by atoms with van der Waals surface area (Å²) in [6, 6.07) is 13.7. The van der Waals surface area contributed by atoms with Crippen LogP contribution in [0.4, 0.5) is 0 Å². The van der Waals surface area contributed by atoms with Crippen molar-refractivity contribution >= 4 is 42.6 Å². The van der Waals surface area contributed by atoms with E-state index in [-0.39, 0.29) is 6.61 Å². The van der Waals surface area contributed by atoms with Gasteiger partial charge in [-0.2, -0.15) is 0 Å². The highest BCUT2D eigenvalue weighted by Gasteiger charge is 2.11. The van der Waals surface area contributed by atoms with Gasteiger partial charge in [0.25, 0.3) is 0 Å². The fraction of sp³-hybridized carbons (Fsp3) is 0.0625. The molecule has 0 atom stereocenters. The molecule has 0 bridgehead atoms. The van der Waals surface area contributed by atoms with E-state index in [0.717, 1.165) is 19.7 Å². The van der Waals surface area contributed by atoms with Gasteiger partial charge < -0.3 is 9.84 Å². The summed E-state index contributed by atoms with van der Waals surface area (Å²) in [5, 5.41) is 11.6. The normalized spacial score (nSPS) is 10.8. The molecule has 0 amide bonds. The Balaban J connectivity index is 2.04. The average molecular weight is 409 g/mol. The SMILES string of the molecule is OCc1cc(Br)cnc1Oc1ccc2ccccc2c1Br. The third-order valence-corrected chi connectivity index (χ3v) is 4.35. The highest BCUT2D eigenvalue weighted by molar-refractivity contribution is 9.11. The van der Waals surface area contributed by atoms with Crippen LogP contribution in [0.15, 0.2) is 57.6 Å². The van der Waals surface area contributed by atoms with E-state index < -0.39 is 0 Å². The molecular weight excluding hydrogens is 398 g/mol. The number of halogens is 2. The largest absolute Gasteiger partial charge is 0.437 e.